The van der Waals surface area contributed by atoms with Crippen molar-refractivity contribution in [3.63, 3.8) is 0 Å². The van der Waals surface area contributed by atoms with Crippen molar-refractivity contribution in [1.82, 2.24) is 5.32 Å². The van der Waals surface area contributed by atoms with E-state index in [9.17, 15) is 4.79 Å². The van der Waals surface area contributed by atoms with E-state index < -0.39 is 0 Å². The summed E-state index contributed by atoms with van der Waals surface area (Å²) in [5.74, 6) is -0.305. The van der Waals surface area contributed by atoms with Crippen LogP contribution in [0, 0.1) is 0 Å². The summed E-state index contributed by atoms with van der Waals surface area (Å²) in [6.07, 6.45) is 5.35. The second kappa shape index (κ2) is 2.66. The SMILES string of the molecule is NC(=O)C1=CC2=C(CCC2)NC1. The lowest BCUT2D eigenvalue weighted by Crippen LogP contribution is -2.27. The fourth-order valence-electron chi connectivity index (χ4n) is 1.75. The van der Waals surface area contributed by atoms with Crippen molar-refractivity contribution in [2.24, 2.45) is 5.73 Å². The number of hydrogen-bond acceptors (Lipinski definition) is 2. The molecule has 0 bridgehead atoms. The van der Waals surface area contributed by atoms with Crippen LogP contribution in [0.1, 0.15) is 19.3 Å². The maximum absolute atomic E-state index is 10.8. The van der Waals surface area contributed by atoms with Crippen molar-refractivity contribution in [1.29, 1.82) is 0 Å². The summed E-state index contributed by atoms with van der Waals surface area (Å²) < 4.78 is 0. The fourth-order valence-corrected chi connectivity index (χ4v) is 1.75. The number of allylic oxidation sites excluding steroid dienone is 3. The summed E-state index contributed by atoms with van der Waals surface area (Å²) >= 11 is 0. The molecule has 0 aromatic rings. The van der Waals surface area contributed by atoms with Gasteiger partial charge in [-0.1, -0.05) is 0 Å². The number of dihydropyridines is 1. The fraction of sp³-hybridized carbons (Fsp3) is 0.444. The molecule has 64 valence electrons. The maximum Gasteiger partial charge on any atom is 0.246 e. The topological polar surface area (TPSA) is 55.1 Å². The molecule has 1 aliphatic heterocycles. The predicted octanol–water partition coefficient (Wildman–Crippen LogP) is 0.439. The van der Waals surface area contributed by atoms with Gasteiger partial charge >= 0.3 is 0 Å². The second-order valence-corrected chi connectivity index (χ2v) is 3.24. The summed E-state index contributed by atoms with van der Waals surface area (Å²) in [7, 11) is 0. The standard InChI is InChI=1S/C9H12N2O/c10-9(12)7-4-6-2-1-3-8(6)11-5-7/h4,11H,1-3,5H2,(H2,10,12). The summed E-state index contributed by atoms with van der Waals surface area (Å²) in [5.41, 5.74) is 8.46. The van der Waals surface area contributed by atoms with Crippen molar-refractivity contribution in [3.8, 4) is 0 Å². The third-order valence-electron chi connectivity index (χ3n) is 2.42. The Hall–Kier alpha value is -1.25. The molecule has 0 radical (unpaired) electrons. The van der Waals surface area contributed by atoms with Gasteiger partial charge in [0.1, 0.15) is 0 Å². The van der Waals surface area contributed by atoms with E-state index in [0.29, 0.717) is 12.1 Å². The summed E-state index contributed by atoms with van der Waals surface area (Å²) in [6.45, 7) is 0.605. The molecule has 1 heterocycles. The highest BCUT2D eigenvalue weighted by Gasteiger charge is 2.19. The Bertz CT molecular complexity index is 289. The largest absolute Gasteiger partial charge is 0.384 e. The van der Waals surface area contributed by atoms with E-state index in [1.807, 2.05) is 6.08 Å². The van der Waals surface area contributed by atoms with Crippen LogP contribution in [-0.2, 0) is 4.79 Å². The highest BCUT2D eigenvalue weighted by atomic mass is 16.1. The molecule has 3 nitrogen and oxygen atoms in total. The van der Waals surface area contributed by atoms with Gasteiger partial charge in [-0.05, 0) is 30.9 Å². The van der Waals surface area contributed by atoms with Crippen LogP contribution in [0.15, 0.2) is 22.9 Å². The van der Waals surface area contributed by atoms with Gasteiger partial charge in [-0.15, -0.1) is 0 Å². The molecule has 2 rings (SSSR count). The Morgan fingerprint density at radius 2 is 2.33 bits per heavy atom. The van der Waals surface area contributed by atoms with E-state index in [4.69, 9.17) is 5.73 Å². The van der Waals surface area contributed by atoms with Gasteiger partial charge in [0.05, 0.1) is 0 Å². The maximum atomic E-state index is 10.8. The van der Waals surface area contributed by atoms with Crippen molar-refractivity contribution in [2.45, 2.75) is 19.3 Å². The average Bonchev–Trinajstić information content (AvgIpc) is 2.49. The van der Waals surface area contributed by atoms with Crippen LogP contribution < -0.4 is 11.1 Å². The minimum absolute atomic E-state index is 0.305. The van der Waals surface area contributed by atoms with E-state index >= 15 is 0 Å². The van der Waals surface area contributed by atoms with Crippen molar-refractivity contribution in [3.05, 3.63) is 22.9 Å². The minimum atomic E-state index is -0.305. The van der Waals surface area contributed by atoms with Gasteiger partial charge in [0.2, 0.25) is 5.91 Å². The summed E-state index contributed by atoms with van der Waals surface area (Å²) in [5, 5.41) is 3.22. The molecule has 12 heavy (non-hydrogen) atoms. The molecule has 2 aliphatic rings. The molecule has 3 N–H and O–H groups in total. The van der Waals surface area contributed by atoms with Gasteiger partial charge in [0, 0.05) is 17.8 Å². The lowest BCUT2D eigenvalue weighted by molar-refractivity contribution is -0.114. The lowest BCUT2D eigenvalue weighted by atomic mass is 10.1. The van der Waals surface area contributed by atoms with E-state index in [1.165, 1.54) is 17.7 Å². The molecule has 1 aliphatic carbocycles. The molecule has 1 amide bonds. The zero-order valence-electron chi connectivity index (χ0n) is 6.89. The van der Waals surface area contributed by atoms with Crippen LogP contribution in [0.3, 0.4) is 0 Å². The number of carbonyl (C=O) groups is 1. The molecular weight excluding hydrogens is 152 g/mol. The second-order valence-electron chi connectivity index (χ2n) is 3.24. The quantitative estimate of drug-likeness (QED) is 0.590. The zero-order chi connectivity index (χ0) is 8.55. The highest BCUT2D eigenvalue weighted by Crippen LogP contribution is 2.28. The molecule has 0 aromatic heterocycles. The Morgan fingerprint density at radius 3 is 3.08 bits per heavy atom. The van der Waals surface area contributed by atoms with Crippen LogP contribution >= 0.6 is 0 Å². The Morgan fingerprint density at radius 1 is 1.50 bits per heavy atom. The number of amides is 1. The molecule has 0 aromatic carbocycles. The first-order chi connectivity index (χ1) is 5.77. The third kappa shape index (κ3) is 1.11. The number of hydrogen-bond donors (Lipinski definition) is 2. The van der Waals surface area contributed by atoms with Crippen LogP contribution in [0.4, 0.5) is 0 Å². The van der Waals surface area contributed by atoms with Crippen molar-refractivity contribution in [2.75, 3.05) is 6.54 Å². The molecule has 3 heteroatoms. The first-order valence-corrected chi connectivity index (χ1v) is 4.23. The predicted molar refractivity (Wildman–Crippen MR) is 46.2 cm³/mol. The van der Waals surface area contributed by atoms with E-state index in [-0.39, 0.29) is 5.91 Å². The smallest absolute Gasteiger partial charge is 0.246 e. The van der Waals surface area contributed by atoms with Gasteiger partial charge in [-0.25, -0.2) is 0 Å². The van der Waals surface area contributed by atoms with Gasteiger partial charge < -0.3 is 11.1 Å². The van der Waals surface area contributed by atoms with Gasteiger partial charge in [-0.3, -0.25) is 4.79 Å². The molecule has 0 fully saturated rings. The van der Waals surface area contributed by atoms with Gasteiger partial charge in [0.25, 0.3) is 0 Å². The van der Waals surface area contributed by atoms with E-state index in [1.54, 1.807) is 0 Å². The zero-order valence-corrected chi connectivity index (χ0v) is 6.89. The van der Waals surface area contributed by atoms with Gasteiger partial charge in [-0.2, -0.15) is 0 Å². The first kappa shape index (κ1) is 7.40. The first-order valence-electron chi connectivity index (χ1n) is 4.23. The number of carbonyl (C=O) groups excluding carboxylic acids is 1. The summed E-state index contributed by atoms with van der Waals surface area (Å²) in [4.78, 5) is 10.8. The number of rotatable bonds is 1. The Labute approximate surface area is 71.3 Å². The van der Waals surface area contributed by atoms with Crippen LogP contribution in [-0.4, -0.2) is 12.5 Å². The van der Waals surface area contributed by atoms with Crippen LogP contribution in [0.2, 0.25) is 0 Å². The Balaban J connectivity index is 2.26. The highest BCUT2D eigenvalue weighted by molar-refractivity contribution is 5.93. The average molecular weight is 164 g/mol. The van der Waals surface area contributed by atoms with Gasteiger partial charge in [0.15, 0.2) is 0 Å². The molecule has 0 atom stereocenters. The molecule has 0 saturated carbocycles. The Kier molecular flexibility index (Phi) is 1.64. The normalized spacial score (nSPS) is 21.5. The molecule has 0 unspecified atom stereocenters. The van der Waals surface area contributed by atoms with Crippen molar-refractivity contribution >= 4 is 5.91 Å². The molecule has 0 spiro atoms. The number of primary amides is 1. The van der Waals surface area contributed by atoms with Crippen LogP contribution in [0.25, 0.3) is 0 Å². The summed E-state index contributed by atoms with van der Waals surface area (Å²) in [6, 6.07) is 0. The number of nitrogens with two attached hydrogens (primary N) is 1. The minimum Gasteiger partial charge on any atom is -0.384 e. The van der Waals surface area contributed by atoms with Crippen molar-refractivity contribution < 1.29 is 4.79 Å². The molecule has 0 saturated heterocycles. The lowest BCUT2D eigenvalue weighted by Gasteiger charge is -2.15. The third-order valence-corrected chi connectivity index (χ3v) is 2.42. The van der Waals surface area contributed by atoms with Crippen LogP contribution in [0.5, 0.6) is 0 Å². The molecular formula is C9H12N2O. The van der Waals surface area contributed by atoms with E-state index in [0.717, 1.165) is 12.8 Å². The van der Waals surface area contributed by atoms with E-state index in [2.05, 4.69) is 5.32 Å². The monoisotopic (exact) mass is 164 g/mol. The number of nitrogens with one attached hydrogen (secondary N) is 1.